The van der Waals surface area contributed by atoms with Crippen LogP contribution in [0.1, 0.15) is 16.1 Å². The Labute approximate surface area is 123 Å². The molecule has 21 heavy (non-hydrogen) atoms. The van der Waals surface area contributed by atoms with Crippen LogP contribution in [0.4, 0.5) is 0 Å². The van der Waals surface area contributed by atoms with E-state index in [0.29, 0.717) is 18.8 Å². The van der Waals surface area contributed by atoms with E-state index in [1.807, 2.05) is 31.3 Å². The third kappa shape index (κ3) is 2.11. The smallest absolute Gasteiger partial charge is 0.274 e. The average molecular weight is 283 g/mol. The molecule has 0 saturated heterocycles. The molecule has 0 saturated carbocycles. The Hall–Kier alpha value is -2.56. The number of amides is 1. The van der Waals surface area contributed by atoms with Gasteiger partial charge in [-0.1, -0.05) is 18.2 Å². The zero-order valence-corrected chi connectivity index (χ0v) is 12.2. The van der Waals surface area contributed by atoms with Gasteiger partial charge in [0.15, 0.2) is 5.69 Å². The van der Waals surface area contributed by atoms with E-state index in [0.717, 1.165) is 22.6 Å². The van der Waals surface area contributed by atoms with Gasteiger partial charge in [0.2, 0.25) is 0 Å². The van der Waals surface area contributed by atoms with Gasteiger partial charge in [-0.05, 0) is 12.1 Å². The van der Waals surface area contributed by atoms with Crippen LogP contribution >= 0.6 is 0 Å². The van der Waals surface area contributed by atoms with Crippen LogP contribution in [0.5, 0.6) is 5.75 Å². The van der Waals surface area contributed by atoms with Crippen LogP contribution in [0.25, 0.3) is 11.3 Å². The fourth-order valence-electron chi connectivity index (χ4n) is 2.61. The second kappa shape index (κ2) is 5.09. The molecule has 2 heterocycles. The number of fused-ring (bicyclic) bond motifs is 3. The second-order valence-electron chi connectivity index (χ2n) is 5.06. The number of carbonyl (C=O) groups is 1. The Balaban J connectivity index is 2.09. The van der Waals surface area contributed by atoms with E-state index in [1.165, 1.54) is 0 Å². The first-order valence-corrected chi connectivity index (χ1v) is 6.78. The Morgan fingerprint density at radius 3 is 3.05 bits per heavy atom. The minimum atomic E-state index is -0.116. The summed E-state index contributed by atoms with van der Waals surface area (Å²) in [6.07, 6.45) is 1.69. The van der Waals surface area contributed by atoms with Crippen molar-refractivity contribution < 1.29 is 9.53 Å². The maximum absolute atomic E-state index is 12.5. The highest BCUT2D eigenvalue weighted by Gasteiger charge is 2.29. The van der Waals surface area contributed by atoms with Crippen LogP contribution in [0.15, 0.2) is 36.9 Å². The number of aryl methyl sites for hydroxylation is 1. The van der Waals surface area contributed by atoms with Gasteiger partial charge in [-0.25, -0.2) is 0 Å². The molecule has 0 bridgehead atoms. The number of hydrogen-bond donors (Lipinski definition) is 0. The number of para-hydroxylation sites is 1. The summed E-state index contributed by atoms with van der Waals surface area (Å²) in [7, 11) is 3.59. The van der Waals surface area contributed by atoms with Gasteiger partial charge in [0.25, 0.3) is 5.91 Å². The standard InChI is InChI=1S/C16H17N3O2/c1-4-9-18(2)16(20)14-12-10-21-13-8-6-5-7-11(13)15(12)19(3)17-14/h4-8H,1,9-10H2,2-3H3. The van der Waals surface area contributed by atoms with Crippen molar-refractivity contribution in [3.05, 3.63) is 48.2 Å². The third-order valence-electron chi connectivity index (χ3n) is 3.61. The summed E-state index contributed by atoms with van der Waals surface area (Å²) in [5, 5.41) is 4.41. The molecule has 1 aliphatic heterocycles. The van der Waals surface area contributed by atoms with E-state index in [4.69, 9.17) is 4.74 Å². The zero-order chi connectivity index (χ0) is 15.0. The van der Waals surface area contributed by atoms with Crippen molar-refractivity contribution in [3.8, 4) is 17.0 Å². The third-order valence-corrected chi connectivity index (χ3v) is 3.61. The normalized spacial score (nSPS) is 12.1. The molecule has 0 radical (unpaired) electrons. The predicted octanol–water partition coefficient (Wildman–Crippen LogP) is 2.24. The summed E-state index contributed by atoms with van der Waals surface area (Å²) >= 11 is 0. The van der Waals surface area contributed by atoms with E-state index in [9.17, 15) is 4.79 Å². The topological polar surface area (TPSA) is 47.4 Å². The Bertz CT molecular complexity index is 718. The number of carbonyl (C=O) groups excluding carboxylic acids is 1. The SMILES string of the molecule is C=CCN(C)C(=O)c1nn(C)c2c1COc1ccccc1-2. The van der Waals surface area contributed by atoms with Gasteiger partial charge in [-0.3, -0.25) is 9.48 Å². The number of rotatable bonds is 3. The number of ether oxygens (including phenoxy) is 1. The molecule has 1 aromatic carbocycles. The van der Waals surface area contributed by atoms with E-state index in [1.54, 1.807) is 22.7 Å². The minimum Gasteiger partial charge on any atom is -0.488 e. The molecule has 108 valence electrons. The fourth-order valence-corrected chi connectivity index (χ4v) is 2.61. The summed E-state index contributed by atoms with van der Waals surface area (Å²) < 4.78 is 7.51. The molecule has 1 aliphatic rings. The molecule has 0 atom stereocenters. The number of aromatic nitrogens is 2. The highest BCUT2D eigenvalue weighted by atomic mass is 16.5. The molecule has 0 N–H and O–H groups in total. The lowest BCUT2D eigenvalue weighted by Crippen LogP contribution is -2.28. The van der Waals surface area contributed by atoms with Crippen LogP contribution in [-0.2, 0) is 13.7 Å². The summed E-state index contributed by atoms with van der Waals surface area (Å²) in [5.41, 5.74) is 3.22. The molecule has 0 fully saturated rings. The molecular weight excluding hydrogens is 266 g/mol. The molecule has 3 rings (SSSR count). The molecule has 0 unspecified atom stereocenters. The Kier molecular flexibility index (Phi) is 3.25. The van der Waals surface area contributed by atoms with Crippen molar-refractivity contribution in [2.75, 3.05) is 13.6 Å². The largest absolute Gasteiger partial charge is 0.488 e. The van der Waals surface area contributed by atoms with Crippen LogP contribution < -0.4 is 4.74 Å². The average Bonchev–Trinajstić information content (AvgIpc) is 2.84. The molecule has 1 aromatic heterocycles. The molecule has 5 heteroatoms. The van der Waals surface area contributed by atoms with E-state index >= 15 is 0 Å². The van der Waals surface area contributed by atoms with Gasteiger partial charge < -0.3 is 9.64 Å². The number of likely N-dealkylation sites (N-methyl/N-ethyl adjacent to an activating group) is 1. The minimum absolute atomic E-state index is 0.116. The molecule has 0 spiro atoms. The van der Waals surface area contributed by atoms with Crippen molar-refractivity contribution >= 4 is 5.91 Å². The van der Waals surface area contributed by atoms with Crippen molar-refractivity contribution in [2.24, 2.45) is 7.05 Å². The first-order chi connectivity index (χ1) is 10.1. The predicted molar refractivity (Wildman–Crippen MR) is 80.1 cm³/mol. The lowest BCUT2D eigenvalue weighted by molar-refractivity contribution is 0.0801. The van der Waals surface area contributed by atoms with E-state index in [2.05, 4.69) is 11.7 Å². The number of hydrogen-bond acceptors (Lipinski definition) is 3. The monoisotopic (exact) mass is 283 g/mol. The molecule has 5 nitrogen and oxygen atoms in total. The van der Waals surface area contributed by atoms with Crippen molar-refractivity contribution in [1.29, 1.82) is 0 Å². The highest BCUT2D eigenvalue weighted by Crippen LogP contribution is 2.38. The van der Waals surface area contributed by atoms with Crippen LogP contribution in [0, 0.1) is 0 Å². The van der Waals surface area contributed by atoms with Gasteiger partial charge in [0, 0.05) is 31.8 Å². The first kappa shape index (κ1) is 13.4. The molecule has 0 aliphatic carbocycles. The highest BCUT2D eigenvalue weighted by molar-refractivity contribution is 5.96. The van der Waals surface area contributed by atoms with E-state index in [-0.39, 0.29) is 5.91 Å². The Morgan fingerprint density at radius 1 is 1.52 bits per heavy atom. The molecule has 1 amide bonds. The van der Waals surface area contributed by atoms with Gasteiger partial charge in [0.05, 0.1) is 5.69 Å². The summed E-state index contributed by atoms with van der Waals surface area (Å²) in [4.78, 5) is 14.1. The summed E-state index contributed by atoms with van der Waals surface area (Å²) in [5.74, 6) is 0.709. The van der Waals surface area contributed by atoms with Crippen LogP contribution in [0.3, 0.4) is 0 Å². The zero-order valence-electron chi connectivity index (χ0n) is 12.2. The van der Waals surface area contributed by atoms with Crippen LogP contribution in [-0.4, -0.2) is 34.2 Å². The van der Waals surface area contributed by atoms with Gasteiger partial charge >= 0.3 is 0 Å². The van der Waals surface area contributed by atoms with Gasteiger partial charge in [0.1, 0.15) is 12.4 Å². The van der Waals surface area contributed by atoms with Crippen LogP contribution in [0.2, 0.25) is 0 Å². The second-order valence-corrected chi connectivity index (χ2v) is 5.06. The summed E-state index contributed by atoms with van der Waals surface area (Å²) in [6.45, 7) is 4.51. The lowest BCUT2D eigenvalue weighted by Gasteiger charge is -2.19. The first-order valence-electron chi connectivity index (χ1n) is 6.78. The number of benzene rings is 1. The lowest BCUT2D eigenvalue weighted by atomic mass is 10.0. The summed E-state index contributed by atoms with van der Waals surface area (Å²) in [6, 6.07) is 7.80. The molecule has 2 aromatic rings. The van der Waals surface area contributed by atoms with E-state index < -0.39 is 0 Å². The van der Waals surface area contributed by atoms with Crippen molar-refractivity contribution in [3.63, 3.8) is 0 Å². The fraction of sp³-hybridized carbons (Fsp3) is 0.250. The van der Waals surface area contributed by atoms with Gasteiger partial charge in [-0.2, -0.15) is 5.10 Å². The quantitative estimate of drug-likeness (QED) is 0.812. The van der Waals surface area contributed by atoms with Crippen molar-refractivity contribution in [1.82, 2.24) is 14.7 Å². The van der Waals surface area contributed by atoms with Crippen molar-refractivity contribution in [2.45, 2.75) is 6.61 Å². The van der Waals surface area contributed by atoms with Gasteiger partial charge in [-0.15, -0.1) is 6.58 Å². The number of nitrogens with zero attached hydrogens (tertiary/aromatic N) is 3. The maximum Gasteiger partial charge on any atom is 0.274 e. The molecular formula is C16H17N3O2. The maximum atomic E-state index is 12.5. The Morgan fingerprint density at radius 2 is 2.29 bits per heavy atom.